The molecule has 0 fully saturated rings. The van der Waals surface area contributed by atoms with Gasteiger partial charge in [0, 0.05) is 13.0 Å². The molecule has 0 saturated heterocycles. The summed E-state index contributed by atoms with van der Waals surface area (Å²) in [7, 11) is 1.66. The number of unbranched alkanes of at least 4 members (excludes halogenated alkanes) is 25. The number of likely N-dealkylation sites (N-methyl/N-ethyl adjacent to an activating group) is 1. The van der Waals surface area contributed by atoms with E-state index in [0.717, 1.165) is 38.5 Å². The van der Waals surface area contributed by atoms with Crippen LogP contribution < -0.4 is 0 Å². The average molecular weight is 841 g/mol. The van der Waals surface area contributed by atoms with Gasteiger partial charge < -0.3 is 18.9 Å². The Morgan fingerprint density at radius 1 is 0.534 bits per heavy atom. The van der Waals surface area contributed by atoms with Gasteiger partial charge in [0.1, 0.15) is 19.3 Å². The largest absolute Gasteiger partial charge is 0.472 e. The van der Waals surface area contributed by atoms with Gasteiger partial charge in [-0.05, 0) is 70.6 Å². The fourth-order valence-electron chi connectivity index (χ4n) is 6.64. The molecule has 0 aromatic rings. The zero-order valence-corrected chi connectivity index (χ0v) is 39.7. The van der Waals surface area contributed by atoms with Crippen molar-refractivity contribution in [1.82, 2.24) is 0 Å². The van der Waals surface area contributed by atoms with Crippen molar-refractivity contribution in [3.8, 4) is 0 Å². The Morgan fingerprint density at radius 2 is 0.948 bits per heavy atom. The van der Waals surface area contributed by atoms with Crippen LogP contribution >= 0.6 is 7.82 Å². The standard InChI is InChI=1S/C49H94NO7P/c1-6-8-10-12-14-16-18-20-22-24-25-26-28-30-32-34-36-38-40-42-49(51)57-48(47-56-58(52,53)55-45-43-50(3,4)5)46-54-44-41-39-37-35-33-31-29-27-23-21-19-17-15-13-11-9-7-2/h14,16,20,22-23,27,48H,6-13,15,17-19,21,24-26,28-47H2,1-5H3/p+1/b16-14-,22-20-,27-23-. The molecule has 58 heavy (non-hydrogen) atoms. The van der Waals surface area contributed by atoms with E-state index in [1.807, 2.05) is 21.1 Å². The van der Waals surface area contributed by atoms with E-state index in [1.165, 1.54) is 154 Å². The fraction of sp³-hybridized carbons (Fsp3) is 0.857. The summed E-state index contributed by atoms with van der Waals surface area (Å²) in [6.07, 6.45) is 50.3. The Hall–Kier alpha value is -1.28. The topological polar surface area (TPSA) is 91.3 Å². The second-order valence-corrected chi connectivity index (χ2v) is 18.9. The van der Waals surface area contributed by atoms with Crippen molar-refractivity contribution in [2.24, 2.45) is 0 Å². The molecule has 0 radical (unpaired) electrons. The maximum atomic E-state index is 12.7. The molecule has 2 unspecified atom stereocenters. The first kappa shape index (κ1) is 56.7. The summed E-state index contributed by atoms with van der Waals surface area (Å²) < 4.78 is 35.1. The first-order valence-corrected chi connectivity index (χ1v) is 25.7. The minimum atomic E-state index is -4.28. The molecule has 0 heterocycles. The van der Waals surface area contributed by atoms with Crippen molar-refractivity contribution in [2.75, 3.05) is 54.1 Å². The van der Waals surface area contributed by atoms with Crippen LogP contribution in [0.5, 0.6) is 0 Å². The molecule has 0 aromatic heterocycles. The predicted octanol–water partition coefficient (Wildman–Crippen LogP) is 14.6. The SMILES string of the molecule is CCCCC/C=C\C/C=C\CCCCCCCCCCCC(=O)OC(COCCCCCCCC/C=C\CCCCCCCCC)COP(=O)(O)OCC[N+](C)(C)C. The number of esters is 1. The Labute approximate surface area is 359 Å². The number of carbonyl (C=O) groups excluding carboxylic acids is 1. The number of quaternary nitrogens is 1. The number of rotatable bonds is 45. The van der Waals surface area contributed by atoms with Crippen LogP contribution in [0.15, 0.2) is 36.5 Å². The molecule has 0 rings (SSSR count). The van der Waals surface area contributed by atoms with Crippen LogP contribution in [-0.2, 0) is 27.9 Å². The Morgan fingerprint density at radius 3 is 1.45 bits per heavy atom. The zero-order chi connectivity index (χ0) is 42.7. The highest BCUT2D eigenvalue weighted by molar-refractivity contribution is 7.47. The summed E-state index contributed by atoms with van der Waals surface area (Å²) >= 11 is 0. The lowest BCUT2D eigenvalue weighted by Crippen LogP contribution is -2.37. The maximum absolute atomic E-state index is 12.7. The Bertz CT molecular complexity index is 1020. The smallest absolute Gasteiger partial charge is 0.457 e. The third kappa shape index (κ3) is 45.8. The molecular weight excluding hydrogens is 746 g/mol. The van der Waals surface area contributed by atoms with E-state index in [1.54, 1.807) is 0 Å². The van der Waals surface area contributed by atoms with Gasteiger partial charge in [-0.25, -0.2) is 4.57 Å². The summed E-state index contributed by atoms with van der Waals surface area (Å²) in [4.78, 5) is 23.0. The number of allylic oxidation sites excluding steroid dienone is 6. The molecule has 0 aliphatic heterocycles. The lowest BCUT2D eigenvalue weighted by Gasteiger charge is -2.24. The molecular formula is C49H95NO7P+. The van der Waals surface area contributed by atoms with Gasteiger partial charge in [0.25, 0.3) is 0 Å². The van der Waals surface area contributed by atoms with Crippen LogP contribution in [0.4, 0.5) is 0 Å². The van der Waals surface area contributed by atoms with Gasteiger partial charge in [0.05, 0.1) is 34.4 Å². The van der Waals surface area contributed by atoms with E-state index >= 15 is 0 Å². The maximum Gasteiger partial charge on any atom is 0.472 e. The number of phosphoric acid groups is 1. The van der Waals surface area contributed by atoms with E-state index in [-0.39, 0.29) is 25.8 Å². The Kier molecular flexibility index (Phi) is 41.5. The van der Waals surface area contributed by atoms with Gasteiger partial charge >= 0.3 is 13.8 Å². The summed E-state index contributed by atoms with van der Waals surface area (Å²) in [5.41, 5.74) is 0. The number of hydrogen-bond donors (Lipinski definition) is 1. The van der Waals surface area contributed by atoms with E-state index in [4.69, 9.17) is 18.5 Å². The summed E-state index contributed by atoms with van der Waals surface area (Å²) in [5.74, 6) is -0.319. The van der Waals surface area contributed by atoms with Crippen molar-refractivity contribution in [3.63, 3.8) is 0 Å². The first-order chi connectivity index (χ1) is 28.1. The highest BCUT2D eigenvalue weighted by atomic mass is 31.2. The third-order valence-corrected chi connectivity index (χ3v) is 11.4. The van der Waals surface area contributed by atoms with Crippen molar-refractivity contribution in [3.05, 3.63) is 36.5 Å². The van der Waals surface area contributed by atoms with Crippen molar-refractivity contribution < 1.29 is 37.3 Å². The molecule has 0 bridgehead atoms. The highest BCUT2D eigenvalue weighted by Crippen LogP contribution is 2.43. The van der Waals surface area contributed by atoms with Gasteiger partial charge in [-0.3, -0.25) is 13.8 Å². The molecule has 2 atom stereocenters. The lowest BCUT2D eigenvalue weighted by atomic mass is 10.1. The number of nitrogens with zero attached hydrogens (tertiary/aromatic N) is 1. The van der Waals surface area contributed by atoms with Crippen molar-refractivity contribution in [1.29, 1.82) is 0 Å². The molecule has 9 heteroatoms. The average Bonchev–Trinajstić information content (AvgIpc) is 3.18. The molecule has 0 amide bonds. The quantitative estimate of drug-likeness (QED) is 0.0215. The van der Waals surface area contributed by atoms with E-state index in [2.05, 4.69) is 50.3 Å². The fourth-order valence-corrected chi connectivity index (χ4v) is 7.38. The second-order valence-electron chi connectivity index (χ2n) is 17.5. The Balaban J connectivity index is 4.19. The van der Waals surface area contributed by atoms with Crippen LogP contribution in [0.3, 0.4) is 0 Å². The molecule has 0 aromatic carbocycles. The third-order valence-electron chi connectivity index (χ3n) is 10.4. The van der Waals surface area contributed by atoms with E-state index in [0.29, 0.717) is 24.1 Å². The molecule has 8 nitrogen and oxygen atoms in total. The number of ether oxygens (including phenoxy) is 2. The van der Waals surface area contributed by atoms with Crippen LogP contribution in [-0.4, -0.2) is 75.6 Å². The van der Waals surface area contributed by atoms with E-state index < -0.39 is 13.9 Å². The van der Waals surface area contributed by atoms with E-state index in [9.17, 15) is 14.3 Å². The molecule has 342 valence electrons. The van der Waals surface area contributed by atoms with Crippen molar-refractivity contribution >= 4 is 13.8 Å². The zero-order valence-electron chi connectivity index (χ0n) is 38.8. The van der Waals surface area contributed by atoms with Crippen LogP contribution in [0.2, 0.25) is 0 Å². The van der Waals surface area contributed by atoms with Crippen LogP contribution in [0, 0.1) is 0 Å². The molecule has 0 aliphatic rings. The van der Waals surface area contributed by atoms with Gasteiger partial charge in [0.15, 0.2) is 0 Å². The number of hydrogen-bond acceptors (Lipinski definition) is 6. The molecule has 0 saturated carbocycles. The number of carbonyl (C=O) groups is 1. The highest BCUT2D eigenvalue weighted by Gasteiger charge is 2.26. The first-order valence-electron chi connectivity index (χ1n) is 24.2. The van der Waals surface area contributed by atoms with Crippen LogP contribution in [0.25, 0.3) is 0 Å². The summed E-state index contributed by atoms with van der Waals surface area (Å²) in [6, 6.07) is 0. The molecule has 0 aliphatic carbocycles. The van der Waals surface area contributed by atoms with Gasteiger partial charge in [-0.1, -0.05) is 172 Å². The molecule has 0 spiro atoms. The normalized spacial score (nSPS) is 14.0. The summed E-state index contributed by atoms with van der Waals surface area (Å²) in [6.45, 7) is 5.60. The second kappa shape index (κ2) is 42.4. The molecule has 1 N–H and O–H groups in total. The van der Waals surface area contributed by atoms with Gasteiger partial charge in [-0.15, -0.1) is 0 Å². The van der Waals surface area contributed by atoms with Crippen LogP contribution in [0.1, 0.15) is 213 Å². The van der Waals surface area contributed by atoms with Crippen molar-refractivity contribution in [2.45, 2.75) is 219 Å². The minimum absolute atomic E-state index is 0.0867. The monoisotopic (exact) mass is 841 g/mol. The lowest BCUT2D eigenvalue weighted by molar-refractivity contribution is -0.870. The van der Waals surface area contributed by atoms with Gasteiger partial charge in [0.2, 0.25) is 0 Å². The predicted molar refractivity (Wildman–Crippen MR) is 247 cm³/mol. The van der Waals surface area contributed by atoms with Gasteiger partial charge in [-0.2, -0.15) is 0 Å². The number of phosphoric ester groups is 1. The minimum Gasteiger partial charge on any atom is -0.457 e. The summed E-state index contributed by atoms with van der Waals surface area (Å²) in [5, 5.41) is 0.